The molecule has 0 aliphatic rings. The minimum Gasteiger partial charge on any atom is -0.313 e. The van der Waals surface area contributed by atoms with Gasteiger partial charge in [-0.15, -0.1) is 0 Å². The Bertz CT molecular complexity index is 585. The fraction of sp³-hybridized carbons (Fsp3) is 0.294. The molecule has 0 amide bonds. The molecule has 21 heavy (non-hydrogen) atoms. The Morgan fingerprint density at radius 3 is 1.95 bits per heavy atom. The van der Waals surface area contributed by atoms with Gasteiger partial charge in [0.05, 0.1) is 0 Å². The maximum atomic E-state index is 13.3. The Morgan fingerprint density at radius 2 is 1.48 bits per heavy atom. The Morgan fingerprint density at radius 1 is 0.952 bits per heavy atom. The van der Waals surface area contributed by atoms with Crippen molar-refractivity contribution in [1.82, 2.24) is 5.32 Å². The van der Waals surface area contributed by atoms with Crippen LogP contribution < -0.4 is 5.32 Å². The first kappa shape index (κ1) is 15.6. The summed E-state index contributed by atoms with van der Waals surface area (Å²) in [5, 5.41) is 3.01. The van der Waals surface area contributed by atoms with Crippen molar-refractivity contribution in [3.63, 3.8) is 0 Å². The van der Waals surface area contributed by atoms with E-state index in [0.29, 0.717) is 12.0 Å². The van der Waals surface area contributed by atoms with Gasteiger partial charge in [-0.25, -0.2) is 13.2 Å². The van der Waals surface area contributed by atoms with Crippen LogP contribution in [-0.2, 0) is 12.8 Å². The second-order valence-corrected chi connectivity index (χ2v) is 5.01. The average molecular weight is 293 g/mol. The summed E-state index contributed by atoms with van der Waals surface area (Å²) in [6, 6.07) is 9.88. The normalized spacial score (nSPS) is 12.4. The predicted molar refractivity (Wildman–Crippen MR) is 77.6 cm³/mol. The predicted octanol–water partition coefficient (Wildman–Crippen LogP) is 4.17. The highest BCUT2D eigenvalue weighted by Gasteiger charge is 2.16. The molecule has 112 valence electrons. The molecule has 1 nitrogen and oxygen atoms in total. The van der Waals surface area contributed by atoms with Gasteiger partial charge in [0, 0.05) is 6.04 Å². The number of likely N-dealkylation sites (N-methyl/N-ethyl adjacent to an activating group) is 1. The number of rotatable bonds is 5. The molecule has 0 aliphatic carbocycles. The zero-order valence-corrected chi connectivity index (χ0v) is 12.1. The van der Waals surface area contributed by atoms with E-state index in [1.54, 1.807) is 7.05 Å². The first-order chi connectivity index (χ1) is 10.0. The molecule has 2 rings (SSSR count). The smallest absolute Gasteiger partial charge is 0.194 e. The summed E-state index contributed by atoms with van der Waals surface area (Å²) in [5.74, 6) is -3.75. The standard InChI is InChI=1S/C17H18F3N/c1-3-11-4-6-12(7-5-11)8-16(21-2)13-9-14(18)17(20)15(19)10-13/h4-7,9-10,16,21H,3,8H2,1-2H3. The molecule has 0 aliphatic heterocycles. The highest BCUT2D eigenvalue weighted by molar-refractivity contribution is 5.27. The van der Waals surface area contributed by atoms with Gasteiger partial charge >= 0.3 is 0 Å². The van der Waals surface area contributed by atoms with Crippen LogP contribution in [0, 0.1) is 17.5 Å². The molecule has 1 N–H and O–H groups in total. The van der Waals surface area contributed by atoms with Crippen LogP contribution in [0.3, 0.4) is 0 Å². The monoisotopic (exact) mass is 293 g/mol. The van der Waals surface area contributed by atoms with Crippen LogP contribution in [0.1, 0.15) is 29.7 Å². The third-order valence-corrected chi connectivity index (χ3v) is 3.63. The largest absolute Gasteiger partial charge is 0.313 e. The van der Waals surface area contributed by atoms with Gasteiger partial charge in [0.25, 0.3) is 0 Å². The topological polar surface area (TPSA) is 12.0 Å². The molecule has 0 saturated carbocycles. The van der Waals surface area contributed by atoms with E-state index in [1.807, 2.05) is 24.3 Å². The highest BCUT2D eigenvalue weighted by Crippen LogP contribution is 2.22. The molecule has 0 fully saturated rings. The van der Waals surface area contributed by atoms with Crippen LogP contribution in [0.25, 0.3) is 0 Å². The fourth-order valence-corrected chi connectivity index (χ4v) is 2.31. The van der Waals surface area contributed by atoms with Crippen LogP contribution in [0.15, 0.2) is 36.4 Å². The van der Waals surface area contributed by atoms with Crippen molar-refractivity contribution < 1.29 is 13.2 Å². The maximum absolute atomic E-state index is 13.3. The molecule has 4 heteroatoms. The molecule has 0 saturated heterocycles. The van der Waals surface area contributed by atoms with E-state index >= 15 is 0 Å². The zero-order chi connectivity index (χ0) is 15.4. The lowest BCUT2D eigenvalue weighted by Gasteiger charge is -2.17. The molecule has 0 spiro atoms. The first-order valence-electron chi connectivity index (χ1n) is 6.94. The van der Waals surface area contributed by atoms with E-state index in [0.717, 1.165) is 24.1 Å². The summed E-state index contributed by atoms with van der Waals surface area (Å²) >= 11 is 0. The minimum absolute atomic E-state index is 0.276. The Balaban J connectivity index is 2.23. The van der Waals surface area contributed by atoms with E-state index in [-0.39, 0.29) is 6.04 Å². The van der Waals surface area contributed by atoms with Crippen LogP contribution in [0.2, 0.25) is 0 Å². The lowest BCUT2D eigenvalue weighted by Crippen LogP contribution is -2.19. The van der Waals surface area contributed by atoms with Gasteiger partial charge < -0.3 is 5.32 Å². The summed E-state index contributed by atoms with van der Waals surface area (Å²) in [7, 11) is 1.71. The number of hydrogen-bond acceptors (Lipinski definition) is 1. The second-order valence-electron chi connectivity index (χ2n) is 5.01. The van der Waals surface area contributed by atoms with E-state index in [2.05, 4.69) is 12.2 Å². The van der Waals surface area contributed by atoms with Gasteiger partial charge in [-0.3, -0.25) is 0 Å². The van der Waals surface area contributed by atoms with Crippen LogP contribution in [-0.4, -0.2) is 7.05 Å². The third-order valence-electron chi connectivity index (χ3n) is 3.63. The molecule has 2 aromatic rings. The Labute approximate surface area is 122 Å². The molecular formula is C17H18F3N. The zero-order valence-electron chi connectivity index (χ0n) is 12.1. The van der Waals surface area contributed by atoms with Crippen molar-refractivity contribution in [2.45, 2.75) is 25.8 Å². The number of aryl methyl sites for hydroxylation is 1. The van der Waals surface area contributed by atoms with Gasteiger partial charge in [0.1, 0.15) is 0 Å². The highest BCUT2D eigenvalue weighted by atomic mass is 19.2. The van der Waals surface area contributed by atoms with E-state index < -0.39 is 17.5 Å². The summed E-state index contributed by atoms with van der Waals surface area (Å²) in [5.41, 5.74) is 2.68. The lowest BCUT2D eigenvalue weighted by atomic mass is 9.97. The second kappa shape index (κ2) is 6.76. The molecule has 1 unspecified atom stereocenters. The molecular weight excluding hydrogens is 275 g/mol. The van der Waals surface area contributed by atoms with E-state index in [9.17, 15) is 13.2 Å². The summed E-state index contributed by atoms with van der Waals surface area (Å²) < 4.78 is 39.7. The molecule has 0 aromatic heterocycles. The summed E-state index contributed by atoms with van der Waals surface area (Å²) in [6.45, 7) is 2.08. The van der Waals surface area contributed by atoms with E-state index in [1.165, 1.54) is 5.56 Å². The lowest BCUT2D eigenvalue weighted by molar-refractivity contribution is 0.441. The maximum Gasteiger partial charge on any atom is 0.194 e. The number of nitrogens with one attached hydrogen (secondary N) is 1. The molecule has 0 radical (unpaired) electrons. The minimum atomic E-state index is -1.43. The fourth-order valence-electron chi connectivity index (χ4n) is 2.31. The van der Waals surface area contributed by atoms with Gasteiger partial charge in [0.2, 0.25) is 0 Å². The van der Waals surface area contributed by atoms with Crippen LogP contribution in [0.5, 0.6) is 0 Å². The van der Waals surface area contributed by atoms with Gasteiger partial charge in [-0.05, 0) is 48.7 Å². The van der Waals surface area contributed by atoms with Crippen LogP contribution >= 0.6 is 0 Å². The number of hydrogen-bond donors (Lipinski definition) is 1. The third kappa shape index (κ3) is 3.64. The van der Waals surface area contributed by atoms with Crippen molar-refractivity contribution in [1.29, 1.82) is 0 Å². The van der Waals surface area contributed by atoms with Gasteiger partial charge in [-0.2, -0.15) is 0 Å². The average Bonchev–Trinajstić information content (AvgIpc) is 2.50. The Kier molecular flexibility index (Phi) is 5.02. The van der Waals surface area contributed by atoms with Crippen molar-refractivity contribution in [2.24, 2.45) is 0 Å². The first-order valence-corrected chi connectivity index (χ1v) is 6.94. The van der Waals surface area contributed by atoms with E-state index in [4.69, 9.17) is 0 Å². The summed E-state index contributed by atoms with van der Waals surface area (Å²) in [6.07, 6.45) is 1.54. The van der Waals surface area contributed by atoms with Crippen molar-refractivity contribution >= 4 is 0 Å². The molecule has 0 bridgehead atoms. The molecule has 0 heterocycles. The molecule has 1 atom stereocenters. The van der Waals surface area contributed by atoms with Gasteiger partial charge in [-0.1, -0.05) is 31.2 Å². The Hall–Kier alpha value is -1.81. The number of benzene rings is 2. The summed E-state index contributed by atoms with van der Waals surface area (Å²) in [4.78, 5) is 0. The van der Waals surface area contributed by atoms with Crippen molar-refractivity contribution in [2.75, 3.05) is 7.05 Å². The van der Waals surface area contributed by atoms with Crippen LogP contribution in [0.4, 0.5) is 13.2 Å². The SMILES string of the molecule is CCc1ccc(CC(NC)c2cc(F)c(F)c(F)c2)cc1. The van der Waals surface area contributed by atoms with Crippen molar-refractivity contribution in [3.8, 4) is 0 Å². The van der Waals surface area contributed by atoms with Crippen molar-refractivity contribution in [3.05, 3.63) is 70.5 Å². The molecule has 2 aromatic carbocycles. The number of halogens is 3. The van der Waals surface area contributed by atoms with Gasteiger partial charge in [0.15, 0.2) is 17.5 Å². The quantitative estimate of drug-likeness (QED) is 0.816.